The molecule has 234 valence electrons. The number of rotatable bonds is 13. The van der Waals surface area contributed by atoms with Crippen molar-refractivity contribution in [3.63, 3.8) is 0 Å². The predicted octanol–water partition coefficient (Wildman–Crippen LogP) is 5.91. The number of aliphatic hydroxyl groups excluding tert-OH is 1. The SMILES string of the molecule is COc1ccc(CNC(=O)[C@]2(CCC(=O)OC(C)(C)C)N=C(c3ccc(OCCCO)cc3)O[C@@H]2c2ccc(Br)cc2)cc1. The van der Waals surface area contributed by atoms with Gasteiger partial charge in [-0.05, 0) is 86.8 Å². The standard InChI is InChI=1S/C34H39BrN2O7/c1-33(2,3)44-29(39)18-19-34(32(40)36-22-23-6-14-27(41-4)15-7-23)30(24-8-12-26(35)13-9-24)43-31(37-34)25-10-16-28(17-11-25)42-21-5-20-38/h6-17,30,38H,5,18-22H2,1-4H3,(H,36,40)/t30-,34-/m1/s1. The van der Waals surface area contributed by atoms with E-state index in [2.05, 4.69) is 21.2 Å². The second-order valence-corrected chi connectivity index (χ2v) is 12.4. The summed E-state index contributed by atoms with van der Waals surface area (Å²) in [4.78, 5) is 32.1. The maximum atomic E-state index is 14.3. The van der Waals surface area contributed by atoms with Crippen LogP contribution in [-0.2, 0) is 25.6 Å². The first-order valence-electron chi connectivity index (χ1n) is 14.5. The van der Waals surface area contributed by atoms with Gasteiger partial charge in [0, 0.05) is 36.0 Å². The van der Waals surface area contributed by atoms with Crippen molar-refractivity contribution in [3.8, 4) is 11.5 Å². The Hall–Kier alpha value is -3.89. The minimum absolute atomic E-state index is 0.0436. The molecule has 9 nitrogen and oxygen atoms in total. The van der Waals surface area contributed by atoms with Crippen molar-refractivity contribution in [1.82, 2.24) is 5.32 Å². The number of halogens is 1. The highest BCUT2D eigenvalue weighted by Gasteiger charge is 2.53. The lowest BCUT2D eigenvalue weighted by Gasteiger charge is -2.31. The number of aliphatic imine (C=N–C) groups is 1. The molecule has 4 rings (SSSR count). The molecule has 2 atom stereocenters. The Bertz CT molecular complexity index is 1430. The van der Waals surface area contributed by atoms with E-state index >= 15 is 0 Å². The quantitative estimate of drug-likeness (QED) is 0.172. The van der Waals surface area contributed by atoms with Gasteiger partial charge in [0.25, 0.3) is 5.91 Å². The summed E-state index contributed by atoms with van der Waals surface area (Å²) in [5.74, 6) is 0.834. The van der Waals surface area contributed by atoms with Crippen LogP contribution in [0, 0.1) is 0 Å². The Balaban J connectivity index is 1.70. The summed E-state index contributed by atoms with van der Waals surface area (Å²) in [5, 5.41) is 12.1. The third kappa shape index (κ3) is 8.60. The molecule has 0 unspecified atom stereocenters. The minimum atomic E-state index is -1.47. The molecule has 0 radical (unpaired) electrons. The Morgan fingerprint density at radius 1 is 1.00 bits per heavy atom. The predicted molar refractivity (Wildman–Crippen MR) is 171 cm³/mol. The van der Waals surface area contributed by atoms with Crippen molar-refractivity contribution in [1.29, 1.82) is 0 Å². The van der Waals surface area contributed by atoms with Crippen LogP contribution in [0.25, 0.3) is 0 Å². The fraction of sp³-hybridized carbons (Fsp3) is 0.382. The third-order valence-electron chi connectivity index (χ3n) is 6.95. The molecule has 0 aliphatic carbocycles. The van der Waals surface area contributed by atoms with Crippen LogP contribution in [0.3, 0.4) is 0 Å². The number of carbonyl (C=O) groups excluding carboxylic acids is 2. The van der Waals surface area contributed by atoms with Crippen molar-refractivity contribution in [2.24, 2.45) is 4.99 Å². The molecule has 0 bridgehead atoms. The third-order valence-corrected chi connectivity index (χ3v) is 7.47. The number of nitrogens with zero attached hydrogens (tertiary/aromatic N) is 1. The van der Waals surface area contributed by atoms with E-state index in [9.17, 15) is 9.59 Å². The molecule has 1 aliphatic heterocycles. The van der Waals surface area contributed by atoms with E-state index in [0.29, 0.717) is 30.1 Å². The molecule has 0 saturated carbocycles. The summed E-state index contributed by atoms with van der Waals surface area (Å²) in [5.41, 5.74) is 0.126. The number of aliphatic hydroxyl groups is 1. The molecule has 0 spiro atoms. The number of carbonyl (C=O) groups is 2. The van der Waals surface area contributed by atoms with Gasteiger partial charge in [0.1, 0.15) is 17.1 Å². The van der Waals surface area contributed by atoms with E-state index < -0.39 is 23.2 Å². The minimum Gasteiger partial charge on any atom is -0.497 e. The van der Waals surface area contributed by atoms with E-state index in [4.69, 9.17) is 29.0 Å². The lowest BCUT2D eigenvalue weighted by Crippen LogP contribution is -2.48. The van der Waals surface area contributed by atoms with Gasteiger partial charge >= 0.3 is 5.97 Å². The van der Waals surface area contributed by atoms with Crippen LogP contribution in [0.1, 0.15) is 62.8 Å². The van der Waals surface area contributed by atoms with Crippen molar-refractivity contribution in [3.05, 3.63) is 94.0 Å². The second kappa shape index (κ2) is 14.7. The molecule has 3 aromatic rings. The summed E-state index contributed by atoms with van der Waals surface area (Å²) < 4.78 is 23.9. The van der Waals surface area contributed by atoms with E-state index in [1.54, 1.807) is 40.0 Å². The summed E-state index contributed by atoms with van der Waals surface area (Å²) in [7, 11) is 1.60. The summed E-state index contributed by atoms with van der Waals surface area (Å²) in [6, 6.07) is 22.1. The average Bonchev–Trinajstić information content (AvgIpc) is 3.40. The largest absolute Gasteiger partial charge is 0.497 e. The van der Waals surface area contributed by atoms with Crippen molar-refractivity contribution in [2.45, 2.75) is 63.8 Å². The van der Waals surface area contributed by atoms with Crippen molar-refractivity contribution in [2.75, 3.05) is 20.3 Å². The van der Waals surface area contributed by atoms with Gasteiger partial charge in [-0.2, -0.15) is 0 Å². The average molecular weight is 668 g/mol. The van der Waals surface area contributed by atoms with Gasteiger partial charge < -0.3 is 29.4 Å². The fourth-order valence-corrected chi connectivity index (χ4v) is 5.04. The molecular weight excluding hydrogens is 628 g/mol. The van der Waals surface area contributed by atoms with E-state index in [-0.39, 0.29) is 37.8 Å². The topological polar surface area (TPSA) is 116 Å². The maximum Gasteiger partial charge on any atom is 0.306 e. The second-order valence-electron chi connectivity index (χ2n) is 11.5. The molecule has 44 heavy (non-hydrogen) atoms. The highest BCUT2D eigenvalue weighted by molar-refractivity contribution is 9.10. The lowest BCUT2D eigenvalue weighted by atomic mass is 9.83. The van der Waals surface area contributed by atoms with E-state index in [1.807, 2.05) is 60.7 Å². The van der Waals surface area contributed by atoms with Crippen LogP contribution in [-0.4, -0.2) is 54.3 Å². The molecule has 0 fully saturated rings. The van der Waals surface area contributed by atoms with Gasteiger partial charge in [0.05, 0.1) is 13.7 Å². The van der Waals surface area contributed by atoms with Crippen LogP contribution >= 0.6 is 15.9 Å². The molecule has 1 aliphatic rings. The number of esters is 1. The first kappa shape index (κ1) is 33.0. The summed E-state index contributed by atoms with van der Waals surface area (Å²) in [6.45, 7) is 6.10. The van der Waals surface area contributed by atoms with Gasteiger partial charge in [-0.25, -0.2) is 4.99 Å². The van der Waals surface area contributed by atoms with Crippen molar-refractivity contribution >= 4 is 33.7 Å². The Morgan fingerprint density at radius 3 is 2.27 bits per heavy atom. The number of hydrogen-bond acceptors (Lipinski definition) is 8. The fourth-order valence-electron chi connectivity index (χ4n) is 4.77. The van der Waals surface area contributed by atoms with Crippen LogP contribution in [0.5, 0.6) is 11.5 Å². The van der Waals surface area contributed by atoms with Crippen molar-refractivity contribution < 1.29 is 33.6 Å². The van der Waals surface area contributed by atoms with E-state index in [1.165, 1.54) is 0 Å². The zero-order valence-corrected chi connectivity index (χ0v) is 27.1. The number of hydrogen-bond donors (Lipinski definition) is 2. The Kier molecular flexibility index (Phi) is 11.0. The zero-order valence-electron chi connectivity index (χ0n) is 25.5. The first-order valence-corrected chi connectivity index (χ1v) is 15.3. The molecule has 3 aromatic carbocycles. The monoisotopic (exact) mass is 666 g/mol. The number of ether oxygens (including phenoxy) is 4. The molecule has 0 saturated heterocycles. The highest BCUT2D eigenvalue weighted by Crippen LogP contribution is 2.43. The number of benzene rings is 3. The van der Waals surface area contributed by atoms with Crippen LogP contribution < -0.4 is 14.8 Å². The van der Waals surface area contributed by atoms with Gasteiger partial charge in [0.15, 0.2) is 11.6 Å². The molecule has 10 heteroatoms. The van der Waals surface area contributed by atoms with Gasteiger partial charge in [0.2, 0.25) is 5.90 Å². The molecule has 0 aromatic heterocycles. The number of methoxy groups -OCH3 is 1. The first-order chi connectivity index (χ1) is 21.0. The zero-order chi connectivity index (χ0) is 31.7. The highest BCUT2D eigenvalue weighted by atomic mass is 79.9. The molecule has 1 amide bonds. The normalized spacial score (nSPS) is 17.8. The summed E-state index contributed by atoms with van der Waals surface area (Å²) >= 11 is 3.48. The lowest BCUT2D eigenvalue weighted by molar-refractivity contribution is -0.155. The molecule has 1 heterocycles. The summed E-state index contributed by atoms with van der Waals surface area (Å²) in [6.07, 6.45) is -0.274. The molecule has 2 N–H and O–H groups in total. The number of nitrogens with one attached hydrogen (secondary N) is 1. The van der Waals surface area contributed by atoms with Gasteiger partial charge in [-0.15, -0.1) is 0 Å². The van der Waals surface area contributed by atoms with Gasteiger partial charge in [-0.3, -0.25) is 9.59 Å². The molecular formula is C34H39BrN2O7. The van der Waals surface area contributed by atoms with Gasteiger partial charge in [-0.1, -0.05) is 40.2 Å². The van der Waals surface area contributed by atoms with Crippen LogP contribution in [0.4, 0.5) is 0 Å². The van der Waals surface area contributed by atoms with Crippen LogP contribution in [0.15, 0.2) is 82.3 Å². The van der Waals surface area contributed by atoms with E-state index in [0.717, 1.165) is 15.6 Å². The maximum absolute atomic E-state index is 14.3. The van der Waals surface area contributed by atoms with Crippen LogP contribution in [0.2, 0.25) is 0 Å². The Labute approximate surface area is 266 Å². The smallest absolute Gasteiger partial charge is 0.306 e. The number of amides is 1. The Morgan fingerprint density at radius 2 is 1.66 bits per heavy atom.